The van der Waals surface area contributed by atoms with Crippen LogP contribution in [0.1, 0.15) is 50.3 Å². The molecule has 0 saturated carbocycles. The van der Waals surface area contributed by atoms with Crippen LogP contribution in [-0.2, 0) is 14.3 Å². The molecule has 1 aliphatic heterocycles. The van der Waals surface area contributed by atoms with Crippen molar-refractivity contribution < 1.29 is 23.0 Å². The Balaban J connectivity index is 1.50. The Morgan fingerprint density at radius 3 is 2.59 bits per heavy atom. The first-order valence-corrected chi connectivity index (χ1v) is 11.5. The molecular formula is C26H33F2NO3. The summed E-state index contributed by atoms with van der Waals surface area (Å²) in [4.78, 5) is 14.2. The lowest BCUT2D eigenvalue weighted by molar-refractivity contribution is -0.145. The van der Waals surface area contributed by atoms with Crippen molar-refractivity contribution >= 4 is 5.97 Å². The fourth-order valence-electron chi connectivity index (χ4n) is 4.40. The highest BCUT2D eigenvalue weighted by Gasteiger charge is 2.28. The summed E-state index contributed by atoms with van der Waals surface area (Å²) in [5.41, 5.74) is 1.51. The molecule has 3 rings (SSSR count). The maximum Gasteiger partial charge on any atom is 0.306 e. The molecule has 4 nitrogen and oxygen atoms in total. The Bertz CT molecular complexity index is 858. The van der Waals surface area contributed by atoms with Crippen molar-refractivity contribution in [3.05, 3.63) is 71.3 Å². The van der Waals surface area contributed by atoms with Crippen LogP contribution >= 0.6 is 0 Å². The standard InChI is InChI=1S/C26H33F2NO3/c1-3-31-25(30)17-21-12-14-29(18-19(21)2)13-5-15-32-26(20-8-10-23(27)11-9-20)22-6-4-7-24(28)16-22/h4,6-11,16,19,21,26H,3,5,12-15,17-18H2,1-2H3/t19-,21+,26?/m1/s1. The zero-order valence-corrected chi connectivity index (χ0v) is 18.9. The van der Waals surface area contributed by atoms with E-state index in [0.29, 0.717) is 37.0 Å². The molecule has 1 heterocycles. The number of piperidine rings is 1. The molecule has 0 aromatic heterocycles. The molecule has 2 aromatic rings. The summed E-state index contributed by atoms with van der Waals surface area (Å²) in [6, 6.07) is 12.5. The first kappa shape index (κ1) is 24.3. The number of benzene rings is 2. The molecular weight excluding hydrogens is 412 g/mol. The third-order valence-electron chi connectivity index (χ3n) is 6.13. The van der Waals surface area contributed by atoms with Crippen LogP contribution < -0.4 is 0 Å². The molecule has 1 saturated heterocycles. The second-order valence-corrected chi connectivity index (χ2v) is 8.55. The van der Waals surface area contributed by atoms with Crippen LogP contribution in [0.5, 0.6) is 0 Å². The molecule has 1 fully saturated rings. The fourth-order valence-corrected chi connectivity index (χ4v) is 4.40. The first-order valence-electron chi connectivity index (χ1n) is 11.5. The number of nitrogens with zero attached hydrogens (tertiary/aromatic N) is 1. The fraction of sp³-hybridized carbons (Fsp3) is 0.500. The molecule has 3 atom stereocenters. The number of rotatable bonds is 10. The Morgan fingerprint density at radius 2 is 1.91 bits per heavy atom. The Morgan fingerprint density at radius 1 is 1.12 bits per heavy atom. The van der Waals surface area contributed by atoms with Gasteiger partial charge in [-0.3, -0.25) is 4.79 Å². The summed E-state index contributed by atoms with van der Waals surface area (Å²) >= 11 is 0. The summed E-state index contributed by atoms with van der Waals surface area (Å²) in [7, 11) is 0. The van der Waals surface area contributed by atoms with Gasteiger partial charge in [-0.05, 0) is 73.5 Å². The predicted molar refractivity (Wildman–Crippen MR) is 120 cm³/mol. The number of esters is 1. The van der Waals surface area contributed by atoms with Gasteiger partial charge in [0.25, 0.3) is 0 Å². The number of halogens is 2. The maximum atomic E-state index is 13.8. The zero-order valence-electron chi connectivity index (χ0n) is 18.9. The average Bonchev–Trinajstić information content (AvgIpc) is 2.76. The SMILES string of the molecule is CCOC(=O)C[C@@H]1CCN(CCCOC(c2ccc(F)cc2)c2cccc(F)c2)C[C@H]1C. The van der Waals surface area contributed by atoms with E-state index in [-0.39, 0.29) is 17.6 Å². The van der Waals surface area contributed by atoms with Crippen LogP contribution in [-0.4, -0.2) is 43.7 Å². The molecule has 0 aliphatic carbocycles. The monoisotopic (exact) mass is 445 g/mol. The van der Waals surface area contributed by atoms with E-state index < -0.39 is 6.10 Å². The van der Waals surface area contributed by atoms with Gasteiger partial charge < -0.3 is 14.4 Å². The summed E-state index contributed by atoms with van der Waals surface area (Å²) in [6.07, 6.45) is 1.88. The molecule has 0 bridgehead atoms. The number of hydrogen-bond acceptors (Lipinski definition) is 4. The number of ether oxygens (including phenoxy) is 2. The van der Waals surface area contributed by atoms with E-state index in [0.717, 1.165) is 38.0 Å². The minimum absolute atomic E-state index is 0.101. The lowest BCUT2D eigenvalue weighted by atomic mass is 9.84. The van der Waals surface area contributed by atoms with Gasteiger partial charge in [0.05, 0.1) is 6.61 Å². The van der Waals surface area contributed by atoms with Crippen molar-refractivity contribution in [2.75, 3.05) is 32.8 Å². The van der Waals surface area contributed by atoms with Crippen LogP contribution in [0.4, 0.5) is 8.78 Å². The highest BCUT2D eigenvalue weighted by Crippen LogP contribution is 2.28. The Kier molecular flexibility index (Phi) is 9.18. The van der Waals surface area contributed by atoms with Gasteiger partial charge in [0.1, 0.15) is 17.7 Å². The molecule has 0 spiro atoms. The van der Waals surface area contributed by atoms with Crippen molar-refractivity contribution in [3.8, 4) is 0 Å². The highest BCUT2D eigenvalue weighted by molar-refractivity contribution is 5.69. The third-order valence-corrected chi connectivity index (χ3v) is 6.13. The second kappa shape index (κ2) is 12.1. The van der Waals surface area contributed by atoms with Crippen LogP contribution in [0, 0.1) is 23.5 Å². The average molecular weight is 446 g/mol. The maximum absolute atomic E-state index is 13.8. The topological polar surface area (TPSA) is 38.8 Å². The minimum atomic E-state index is -0.444. The summed E-state index contributed by atoms with van der Waals surface area (Å²) in [5, 5.41) is 0. The van der Waals surface area contributed by atoms with Gasteiger partial charge in [-0.2, -0.15) is 0 Å². The van der Waals surface area contributed by atoms with Gasteiger partial charge >= 0.3 is 5.97 Å². The van der Waals surface area contributed by atoms with E-state index in [1.54, 1.807) is 18.2 Å². The zero-order chi connectivity index (χ0) is 22.9. The van der Waals surface area contributed by atoms with Gasteiger partial charge in [0.15, 0.2) is 0 Å². The minimum Gasteiger partial charge on any atom is -0.466 e. The lowest BCUT2D eigenvalue weighted by Crippen LogP contribution is -2.40. The van der Waals surface area contributed by atoms with Crippen molar-refractivity contribution in [3.63, 3.8) is 0 Å². The Hall–Kier alpha value is -2.31. The van der Waals surface area contributed by atoms with Gasteiger partial charge in [0.2, 0.25) is 0 Å². The van der Waals surface area contributed by atoms with Gasteiger partial charge in [-0.1, -0.05) is 31.2 Å². The van der Waals surface area contributed by atoms with Crippen LogP contribution in [0.25, 0.3) is 0 Å². The summed E-state index contributed by atoms with van der Waals surface area (Å²) < 4.78 is 38.4. The van der Waals surface area contributed by atoms with Crippen LogP contribution in [0.2, 0.25) is 0 Å². The lowest BCUT2D eigenvalue weighted by Gasteiger charge is -2.36. The largest absolute Gasteiger partial charge is 0.466 e. The van der Waals surface area contributed by atoms with E-state index in [1.807, 2.05) is 13.0 Å². The van der Waals surface area contributed by atoms with E-state index >= 15 is 0 Å². The second-order valence-electron chi connectivity index (χ2n) is 8.55. The molecule has 174 valence electrons. The van der Waals surface area contributed by atoms with E-state index in [4.69, 9.17) is 9.47 Å². The number of likely N-dealkylation sites (tertiary alicyclic amines) is 1. The molecule has 0 radical (unpaired) electrons. The normalized spacial score (nSPS) is 20.1. The molecule has 1 unspecified atom stereocenters. The molecule has 2 aromatic carbocycles. The number of hydrogen-bond donors (Lipinski definition) is 0. The summed E-state index contributed by atoms with van der Waals surface area (Å²) in [5.74, 6) is 0.0752. The van der Waals surface area contributed by atoms with E-state index in [2.05, 4.69) is 11.8 Å². The van der Waals surface area contributed by atoms with Gasteiger partial charge in [0, 0.05) is 26.1 Å². The van der Waals surface area contributed by atoms with E-state index in [9.17, 15) is 13.6 Å². The molecule has 32 heavy (non-hydrogen) atoms. The Labute approximate surface area is 189 Å². The number of carbonyl (C=O) groups is 1. The smallest absolute Gasteiger partial charge is 0.306 e. The van der Waals surface area contributed by atoms with Crippen molar-refractivity contribution in [1.29, 1.82) is 0 Å². The predicted octanol–water partition coefficient (Wildman–Crippen LogP) is 5.37. The van der Waals surface area contributed by atoms with Crippen molar-refractivity contribution in [2.24, 2.45) is 11.8 Å². The summed E-state index contributed by atoms with van der Waals surface area (Å²) in [6.45, 7) is 7.78. The van der Waals surface area contributed by atoms with E-state index in [1.165, 1.54) is 24.3 Å². The quantitative estimate of drug-likeness (QED) is 0.364. The van der Waals surface area contributed by atoms with Crippen LogP contribution in [0.15, 0.2) is 48.5 Å². The highest BCUT2D eigenvalue weighted by atomic mass is 19.1. The molecule has 6 heteroatoms. The molecule has 0 N–H and O–H groups in total. The van der Waals surface area contributed by atoms with Gasteiger partial charge in [-0.15, -0.1) is 0 Å². The van der Waals surface area contributed by atoms with Crippen molar-refractivity contribution in [1.82, 2.24) is 4.90 Å². The number of carbonyl (C=O) groups excluding carboxylic acids is 1. The van der Waals surface area contributed by atoms with Gasteiger partial charge in [-0.25, -0.2) is 8.78 Å². The molecule has 1 aliphatic rings. The van der Waals surface area contributed by atoms with Crippen molar-refractivity contribution in [2.45, 2.75) is 39.2 Å². The third kappa shape index (κ3) is 7.10. The van der Waals surface area contributed by atoms with Crippen LogP contribution in [0.3, 0.4) is 0 Å². The first-order chi connectivity index (χ1) is 15.5. The molecule has 0 amide bonds.